The van der Waals surface area contributed by atoms with Gasteiger partial charge in [0.15, 0.2) is 0 Å². The molecular weight excluding hydrogens is 234 g/mol. The first-order chi connectivity index (χ1) is 9.06. The van der Waals surface area contributed by atoms with Gasteiger partial charge in [-0.05, 0) is 66.5 Å². The molecule has 0 aromatic rings. The average Bonchev–Trinajstić information content (AvgIpc) is 2.96. The van der Waals surface area contributed by atoms with Crippen LogP contribution in [0.5, 0.6) is 0 Å². The maximum atomic E-state index is 2.70. The van der Waals surface area contributed by atoms with Gasteiger partial charge in [-0.3, -0.25) is 9.80 Å². The molecule has 0 amide bonds. The fraction of sp³-hybridized carbons (Fsp3) is 1.00. The zero-order valence-corrected chi connectivity index (χ0v) is 14.0. The SMILES string of the molecule is CCN(C)[C@@H](C)[C@H]([C@@H](C)N1CCCC1)N(CC)CC. The van der Waals surface area contributed by atoms with Crippen LogP contribution in [0.4, 0.5) is 0 Å². The predicted molar refractivity (Wildman–Crippen MR) is 84.7 cm³/mol. The first-order valence-electron chi connectivity index (χ1n) is 8.25. The molecule has 0 aromatic heterocycles. The van der Waals surface area contributed by atoms with Gasteiger partial charge in [-0.25, -0.2) is 0 Å². The topological polar surface area (TPSA) is 9.72 Å². The largest absolute Gasteiger partial charge is 0.302 e. The van der Waals surface area contributed by atoms with Crippen molar-refractivity contribution in [1.29, 1.82) is 0 Å². The number of likely N-dealkylation sites (N-methyl/N-ethyl adjacent to an activating group) is 2. The van der Waals surface area contributed by atoms with Crippen molar-refractivity contribution in [2.45, 2.75) is 65.6 Å². The van der Waals surface area contributed by atoms with Crippen molar-refractivity contribution < 1.29 is 0 Å². The summed E-state index contributed by atoms with van der Waals surface area (Å²) in [6, 6.07) is 1.91. The maximum absolute atomic E-state index is 2.70. The normalized spacial score (nSPS) is 22.1. The highest BCUT2D eigenvalue weighted by Crippen LogP contribution is 2.21. The van der Waals surface area contributed by atoms with Crippen molar-refractivity contribution in [1.82, 2.24) is 14.7 Å². The molecule has 0 N–H and O–H groups in total. The first kappa shape index (κ1) is 16.9. The molecule has 1 saturated heterocycles. The summed E-state index contributed by atoms with van der Waals surface area (Å²) in [6.07, 6.45) is 2.76. The van der Waals surface area contributed by atoms with E-state index in [2.05, 4.69) is 56.4 Å². The van der Waals surface area contributed by atoms with Gasteiger partial charge in [0.05, 0.1) is 0 Å². The van der Waals surface area contributed by atoms with E-state index in [1.54, 1.807) is 0 Å². The molecule has 19 heavy (non-hydrogen) atoms. The van der Waals surface area contributed by atoms with Gasteiger partial charge in [-0.15, -0.1) is 0 Å². The number of hydrogen-bond acceptors (Lipinski definition) is 3. The summed E-state index contributed by atoms with van der Waals surface area (Å²) < 4.78 is 0. The molecule has 1 heterocycles. The molecule has 0 bridgehead atoms. The van der Waals surface area contributed by atoms with Crippen LogP contribution in [-0.2, 0) is 0 Å². The Morgan fingerprint density at radius 2 is 1.47 bits per heavy atom. The van der Waals surface area contributed by atoms with Gasteiger partial charge in [0.1, 0.15) is 0 Å². The molecule has 3 atom stereocenters. The van der Waals surface area contributed by atoms with E-state index in [4.69, 9.17) is 0 Å². The third kappa shape index (κ3) is 4.17. The second-order valence-corrected chi connectivity index (χ2v) is 6.01. The Hall–Kier alpha value is -0.120. The van der Waals surface area contributed by atoms with E-state index in [1.807, 2.05) is 0 Å². The molecule has 0 radical (unpaired) electrons. The highest BCUT2D eigenvalue weighted by Gasteiger charge is 2.34. The van der Waals surface area contributed by atoms with E-state index in [9.17, 15) is 0 Å². The van der Waals surface area contributed by atoms with Gasteiger partial charge >= 0.3 is 0 Å². The lowest BCUT2D eigenvalue weighted by atomic mass is 9.98. The molecule has 1 aliphatic heterocycles. The summed E-state index contributed by atoms with van der Waals surface area (Å²) in [7, 11) is 2.26. The summed E-state index contributed by atoms with van der Waals surface area (Å²) in [6.45, 7) is 17.7. The van der Waals surface area contributed by atoms with Crippen LogP contribution in [0.1, 0.15) is 47.5 Å². The van der Waals surface area contributed by atoms with Gasteiger partial charge in [0, 0.05) is 18.1 Å². The molecule has 0 aliphatic carbocycles. The van der Waals surface area contributed by atoms with Crippen molar-refractivity contribution in [3.63, 3.8) is 0 Å². The Balaban J connectivity index is 2.83. The van der Waals surface area contributed by atoms with Crippen molar-refractivity contribution in [2.24, 2.45) is 0 Å². The molecule has 0 aromatic carbocycles. The number of nitrogens with zero attached hydrogens (tertiary/aromatic N) is 3. The quantitative estimate of drug-likeness (QED) is 0.670. The molecule has 114 valence electrons. The van der Waals surface area contributed by atoms with Crippen molar-refractivity contribution in [3.05, 3.63) is 0 Å². The zero-order chi connectivity index (χ0) is 14.4. The molecule has 0 saturated carbocycles. The molecule has 3 nitrogen and oxygen atoms in total. The van der Waals surface area contributed by atoms with E-state index < -0.39 is 0 Å². The Morgan fingerprint density at radius 3 is 1.89 bits per heavy atom. The van der Waals surface area contributed by atoms with Crippen LogP contribution in [0.25, 0.3) is 0 Å². The van der Waals surface area contributed by atoms with Gasteiger partial charge in [0.2, 0.25) is 0 Å². The van der Waals surface area contributed by atoms with Crippen LogP contribution in [0.15, 0.2) is 0 Å². The van der Waals surface area contributed by atoms with Gasteiger partial charge in [-0.1, -0.05) is 20.8 Å². The second kappa shape index (κ2) is 8.23. The van der Waals surface area contributed by atoms with Gasteiger partial charge in [0.25, 0.3) is 0 Å². The van der Waals surface area contributed by atoms with Crippen LogP contribution in [0, 0.1) is 0 Å². The third-order valence-electron chi connectivity index (χ3n) is 5.13. The monoisotopic (exact) mass is 269 g/mol. The van der Waals surface area contributed by atoms with Crippen LogP contribution >= 0.6 is 0 Å². The van der Waals surface area contributed by atoms with Crippen LogP contribution in [-0.4, -0.2) is 72.6 Å². The molecule has 1 aliphatic rings. The van der Waals surface area contributed by atoms with E-state index >= 15 is 0 Å². The van der Waals surface area contributed by atoms with Gasteiger partial charge < -0.3 is 4.90 Å². The smallest absolute Gasteiger partial charge is 0.0401 e. The highest BCUT2D eigenvalue weighted by molar-refractivity contribution is 4.92. The summed E-state index contributed by atoms with van der Waals surface area (Å²) in [5, 5.41) is 0. The molecule has 3 heteroatoms. The predicted octanol–water partition coefficient (Wildman–Crippen LogP) is 2.52. The molecular formula is C16H35N3. The van der Waals surface area contributed by atoms with Crippen LogP contribution < -0.4 is 0 Å². The van der Waals surface area contributed by atoms with Crippen LogP contribution in [0.2, 0.25) is 0 Å². The number of hydrogen-bond donors (Lipinski definition) is 0. The van der Waals surface area contributed by atoms with Crippen molar-refractivity contribution in [3.8, 4) is 0 Å². The number of likely N-dealkylation sites (tertiary alicyclic amines) is 1. The summed E-state index contributed by atoms with van der Waals surface area (Å²) >= 11 is 0. The Bertz CT molecular complexity index is 234. The van der Waals surface area contributed by atoms with E-state index in [1.165, 1.54) is 25.9 Å². The fourth-order valence-electron chi connectivity index (χ4n) is 3.57. The lowest BCUT2D eigenvalue weighted by Gasteiger charge is -2.44. The van der Waals surface area contributed by atoms with Gasteiger partial charge in [-0.2, -0.15) is 0 Å². The molecule has 1 rings (SSSR count). The maximum Gasteiger partial charge on any atom is 0.0401 e. The van der Waals surface area contributed by atoms with Crippen LogP contribution in [0.3, 0.4) is 0 Å². The minimum absolute atomic E-state index is 0.612. The Kier molecular flexibility index (Phi) is 7.33. The minimum Gasteiger partial charge on any atom is -0.302 e. The second-order valence-electron chi connectivity index (χ2n) is 6.01. The lowest BCUT2D eigenvalue weighted by Crippen LogP contribution is -2.58. The number of rotatable bonds is 8. The summed E-state index contributed by atoms with van der Waals surface area (Å²) in [4.78, 5) is 7.85. The average molecular weight is 269 g/mol. The molecule has 0 unspecified atom stereocenters. The Labute approximate surface area is 120 Å². The zero-order valence-electron chi connectivity index (χ0n) is 14.0. The molecule has 0 spiro atoms. The minimum atomic E-state index is 0.612. The van der Waals surface area contributed by atoms with E-state index in [0.717, 1.165) is 19.6 Å². The standard InChI is InChI=1S/C16H35N3/c1-7-17(6)14(4)16(18(8-2)9-3)15(5)19-12-10-11-13-19/h14-16H,7-13H2,1-6H3/t14-,15+,16+/m0/s1. The highest BCUT2D eigenvalue weighted by atomic mass is 15.3. The third-order valence-corrected chi connectivity index (χ3v) is 5.13. The van der Waals surface area contributed by atoms with E-state index in [0.29, 0.717) is 18.1 Å². The van der Waals surface area contributed by atoms with Crippen molar-refractivity contribution in [2.75, 3.05) is 39.8 Å². The lowest BCUT2D eigenvalue weighted by molar-refractivity contribution is 0.0486. The Morgan fingerprint density at radius 1 is 0.947 bits per heavy atom. The van der Waals surface area contributed by atoms with Crippen molar-refractivity contribution >= 4 is 0 Å². The van der Waals surface area contributed by atoms with E-state index in [-0.39, 0.29) is 0 Å². The first-order valence-corrected chi connectivity index (χ1v) is 8.25. The molecule has 1 fully saturated rings. The fourth-order valence-corrected chi connectivity index (χ4v) is 3.57. The summed E-state index contributed by atoms with van der Waals surface area (Å²) in [5.74, 6) is 0. The summed E-state index contributed by atoms with van der Waals surface area (Å²) in [5.41, 5.74) is 0.